The summed E-state index contributed by atoms with van der Waals surface area (Å²) in [5.74, 6) is 3.05. The van der Waals surface area contributed by atoms with Crippen LogP contribution in [-0.4, -0.2) is 55.8 Å². The second kappa shape index (κ2) is 6.50. The molecule has 0 atom stereocenters. The van der Waals surface area contributed by atoms with Gasteiger partial charge in [0.2, 0.25) is 5.88 Å². The van der Waals surface area contributed by atoms with E-state index in [1.54, 1.807) is 18.0 Å². The van der Waals surface area contributed by atoms with Gasteiger partial charge in [0.05, 0.1) is 7.11 Å². The van der Waals surface area contributed by atoms with Crippen molar-refractivity contribution in [2.24, 2.45) is 0 Å². The maximum atomic E-state index is 5.14. The Hall–Kier alpha value is -2.97. The Morgan fingerprint density at radius 3 is 2.76 bits per heavy atom. The zero-order valence-electron chi connectivity index (χ0n) is 14.3. The number of piperidine rings is 1. The monoisotopic (exact) mass is 340 g/mol. The third-order valence-electron chi connectivity index (χ3n) is 4.38. The quantitative estimate of drug-likeness (QED) is 0.760. The highest BCUT2D eigenvalue weighted by atomic mass is 16.5. The van der Waals surface area contributed by atoms with Crippen molar-refractivity contribution < 1.29 is 4.74 Å². The second-order valence-corrected chi connectivity index (χ2v) is 6.08. The predicted molar refractivity (Wildman–Crippen MR) is 93.0 cm³/mol. The molecule has 0 radical (unpaired) electrons. The number of hydrogen-bond acceptors (Lipinski definition) is 8. The van der Waals surface area contributed by atoms with E-state index < -0.39 is 0 Å². The molecule has 0 spiro atoms. The van der Waals surface area contributed by atoms with E-state index in [-0.39, 0.29) is 0 Å². The number of nitrogens with zero attached hydrogens (tertiary/aromatic N) is 7. The van der Waals surface area contributed by atoms with Crippen LogP contribution in [0.5, 0.6) is 5.88 Å². The van der Waals surface area contributed by atoms with E-state index in [0.717, 1.165) is 43.3 Å². The van der Waals surface area contributed by atoms with E-state index in [0.29, 0.717) is 17.7 Å². The number of rotatable bonds is 4. The lowest BCUT2D eigenvalue weighted by Gasteiger charge is -2.34. The molecule has 9 nitrogen and oxygen atoms in total. The van der Waals surface area contributed by atoms with Crippen LogP contribution in [0.4, 0.5) is 11.6 Å². The summed E-state index contributed by atoms with van der Waals surface area (Å²) in [7, 11) is 1.60. The summed E-state index contributed by atoms with van der Waals surface area (Å²) >= 11 is 0. The summed E-state index contributed by atoms with van der Waals surface area (Å²) in [5, 5.41) is 7.76. The van der Waals surface area contributed by atoms with Gasteiger partial charge in [-0.25, -0.2) is 15.0 Å². The van der Waals surface area contributed by atoms with E-state index in [1.165, 1.54) is 6.33 Å². The van der Waals surface area contributed by atoms with Crippen LogP contribution >= 0.6 is 0 Å². The van der Waals surface area contributed by atoms with Gasteiger partial charge in [0.15, 0.2) is 0 Å². The van der Waals surface area contributed by atoms with E-state index in [1.807, 2.05) is 13.0 Å². The molecule has 3 aromatic rings. The van der Waals surface area contributed by atoms with Crippen LogP contribution in [0, 0.1) is 6.92 Å². The van der Waals surface area contributed by atoms with E-state index in [9.17, 15) is 0 Å². The third kappa shape index (κ3) is 3.17. The van der Waals surface area contributed by atoms with Gasteiger partial charge in [-0.1, -0.05) is 0 Å². The number of anilines is 2. The summed E-state index contributed by atoms with van der Waals surface area (Å²) < 4.78 is 6.94. The zero-order chi connectivity index (χ0) is 17.2. The number of fused-ring (bicyclic) bond motifs is 1. The molecule has 0 saturated carbocycles. The Kier molecular flexibility index (Phi) is 4.04. The molecule has 130 valence electrons. The Morgan fingerprint density at radius 1 is 1.12 bits per heavy atom. The predicted octanol–water partition coefficient (Wildman–Crippen LogP) is 1.31. The van der Waals surface area contributed by atoms with Crippen molar-refractivity contribution in [3.63, 3.8) is 0 Å². The highest BCUT2D eigenvalue weighted by Gasteiger charge is 2.22. The van der Waals surface area contributed by atoms with Crippen molar-refractivity contribution in [3.8, 4) is 5.88 Å². The van der Waals surface area contributed by atoms with Gasteiger partial charge in [0, 0.05) is 37.0 Å². The maximum Gasteiger partial charge on any atom is 0.254 e. The number of methoxy groups -OCH3 is 1. The molecule has 1 aliphatic heterocycles. The molecule has 0 bridgehead atoms. The molecular formula is C16H20N8O. The number of nitrogens with one attached hydrogen (secondary N) is 1. The van der Waals surface area contributed by atoms with Crippen LogP contribution in [0.3, 0.4) is 0 Å². The van der Waals surface area contributed by atoms with Crippen molar-refractivity contribution in [1.29, 1.82) is 0 Å². The smallest absolute Gasteiger partial charge is 0.254 e. The highest BCUT2D eigenvalue weighted by Crippen LogP contribution is 2.23. The summed E-state index contributed by atoms with van der Waals surface area (Å²) in [4.78, 5) is 19.2. The minimum atomic E-state index is 0.366. The maximum absolute atomic E-state index is 5.14. The van der Waals surface area contributed by atoms with Crippen LogP contribution in [0.1, 0.15) is 18.5 Å². The van der Waals surface area contributed by atoms with Gasteiger partial charge in [0.25, 0.3) is 5.78 Å². The van der Waals surface area contributed by atoms with Crippen molar-refractivity contribution in [2.75, 3.05) is 30.4 Å². The highest BCUT2D eigenvalue weighted by molar-refractivity contribution is 5.48. The zero-order valence-corrected chi connectivity index (χ0v) is 14.3. The summed E-state index contributed by atoms with van der Waals surface area (Å²) in [5.41, 5.74) is 0.948. The lowest BCUT2D eigenvalue weighted by molar-refractivity contribution is 0.397. The summed E-state index contributed by atoms with van der Waals surface area (Å²) in [6.07, 6.45) is 5.06. The van der Waals surface area contributed by atoms with E-state index in [4.69, 9.17) is 4.74 Å². The van der Waals surface area contributed by atoms with Gasteiger partial charge in [-0.2, -0.15) is 14.6 Å². The Bertz CT molecular complexity index is 871. The summed E-state index contributed by atoms with van der Waals surface area (Å²) in [6.45, 7) is 3.84. The van der Waals surface area contributed by atoms with Gasteiger partial charge in [-0.15, -0.1) is 0 Å². The minimum Gasteiger partial charge on any atom is -0.481 e. The Balaban J connectivity index is 1.45. The van der Waals surface area contributed by atoms with Crippen molar-refractivity contribution in [3.05, 3.63) is 30.5 Å². The van der Waals surface area contributed by atoms with Crippen LogP contribution in [0.2, 0.25) is 0 Å². The molecule has 0 aromatic carbocycles. The number of aromatic nitrogens is 6. The van der Waals surface area contributed by atoms with E-state index >= 15 is 0 Å². The third-order valence-corrected chi connectivity index (χ3v) is 4.38. The molecule has 0 aliphatic carbocycles. The number of hydrogen-bond donors (Lipinski definition) is 1. The van der Waals surface area contributed by atoms with Crippen LogP contribution < -0.4 is 15.0 Å². The normalized spacial score (nSPS) is 15.5. The van der Waals surface area contributed by atoms with Crippen LogP contribution in [0.25, 0.3) is 5.78 Å². The molecule has 3 aromatic heterocycles. The number of aryl methyl sites for hydroxylation is 1. The Labute approximate surface area is 145 Å². The molecule has 25 heavy (non-hydrogen) atoms. The molecule has 1 N–H and O–H groups in total. The first-order valence-corrected chi connectivity index (χ1v) is 8.28. The van der Waals surface area contributed by atoms with E-state index in [2.05, 4.69) is 41.3 Å². The topological polar surface area (TPSA) is 93.4 Å². The molecular weight excluding hydrogens is 320 g/mol. The molecule has 1 fully saturated rings. The van der Waals surface area contributed by atoms with Gasteiger partial charge < -0.3 is 15.0 Å². The molecule has 0 amide bonds. The fourth-order valence-corrected chi connectivity index (χ4v) is 3.13. The number of ether oxygens (including phenoxy) is 1. The molecule has 1 aliphatic rings. The van der Waals surface area contributed by atoms with Crippen molar-refractivity contribution in [1.82, 2.24) is 29.5 Å². The molecule has 9 heteroatoms. The fourth-order valence-electron chi connectivity index (χ4n) is 3.13. The first-order valence-electron chi connectivity index (χ1n) is 8.28. The largest absolute Gasteiger partial charge is 0.481 e. The minimum absolute atomic E-state index is 0.366. The van der Waals surface area contributed by atoms with Gasteiger partial charge in [0.1, 0.15) is 24.3 Å². The SMILES string of the molecule is COc1cc(NC2CCN(c3cc(C)nc4ncnn34)CC2)ncn1. The van der Waals surface area contributed by atoms with Crippen LogP contribution in [-0.2, 0) is 0 Å². The molecule has 1 saturated heterocycles. The van der Waals surface area contributed by atoms with Gasteiger partial charge in [-0.3, -0.25) is 0 Å². The van der Waals surface area contributed by atoms with Crippen LogP contribution in [0.15, 0.2) is 24.8 Å². The molecule has 4 rings (SSSR count). The van der Waals surface area contributed by atoms with Gasteiger partial charge >= 0.3 is 0 Å². The van der Waals surface area contributed by atoms with Crippen molar-refractivity contribution in [2.45, 2.75) is 25.8 Å². The van der Waals surface area contributed by atoms with Gasteiger partial charge in [-0.05, 0) is 19.8 Å². The summed E-state index contributed by atoms with van der Waals surface area (Å²) in [6, 6.07) is 4.24. The first kappa shape index (κ1) is 15.6. The molecule has 0 unspecified atom stereocenters. The average Bonchev–Trinajstić information content (AvgIpc) is 3.10. The lowest BCUT2D eigenvalue weighted by atomic mass is 10.1. The molecule has 4 heterocycles. The standard InChI is InChI=1S/C16H20N8O/c1-11-7-15(24-16(21-11)19-10-20-24)23-5-3-12(4-6-23)22-13-8-14(25-2)18-9-17-13/h7-10,12H,3-6H2,1-2H3,(H,17,18,22). The Morgan fingerprint density at radius 2 is 1.96 bits per heavy atom. The average molecular weight is 340 g/mol. The van der Waals surface area contributed by atoms with Crippen molar-refractivity contribution >= 4 is 17.4 Å². The first-order chi connectivity index (χ1) is 12.2. The second-order valence-electron chi connectivity index (χ2n) is 6.08. The fraction of sp³-hybridized carbons (Fsp3) is 0.438. The lowest BCUT2D eigenvalue weighted by Crippen LogP contribution is -2.40.